The first-order valence-corrected chi connectivity index (χ1v) is 12.0. The van der Waals surface area contributed by atoms with Crippen LogP contribution in [0.25, 0.3) is 0 Å². The topological polar surface area (TPSA) is 77.2 Å². The minimum absolute atomic E-state index is 0.227. The van der Waals surface area contributed by atoms with Crippen molar-refractivity contribution in [2.24, 2.45) is 0 Å². The Balaban J connectivity index is 1.50. The van der Waals surface area contributed by atoms with E-state index < -0.39 is 5.25 Å². The highest BCUT2D eigenvalue weighted by atomic mass is 35.5. The molecule has 4 aromatic rings. The van der Waals surface area contributed by atoms with Crippen LogP contribution in [0.3, 0.4) is 0 Å². The Labute approximate surface area is 207 Å². The van der Waals surface area contributed by atoms with Crippen molar-refractivity contribution in [2.45, 2.75) is 29.7 Å². The number of nitrogens with zero attached hydrogens (tertiary/aromatic N) is 2. The molecule has 1 aromatic heterocycles. The number of amides is 1. The van der Waals surface area contributed by atoms with E-state index in [-0.39, 0.29) is 11.8 Å². The highest BCUT2D eigenvalue weighted by molar-refractivity contribution is 8.00. The summed E-state index contributed by atoms with van der Waals surface area (Å²) in [7, 11) is 1.54. The molecule has 0 radical (unpaired) electrons. The molecule has 0 bridgehead atoms. The Kier molecular flexibility index (Phi) is 7.87. The van der Waals surface area contributed by atoms with Crippen molar-refractivity contribution >= 4 is 35.0 Å². The third-order valence-electron chi connectivity index (χ3n) is 5.28. The second-order valence-corrected chi connectivity index (χ2v) is 9.19. The number of ether oxygens (including phenoxy) is 1. The zero-order valence-corrected chi connectivity index (χ0v) is 20.3. The quantitative estimate of drug-likeness (QED) is 0.266. The van der Waals surface area contributed by atoms with Gasteiger partial charge in [0.05, 0.1) is 12.1 Å². The predicted octanol–water partition coefficient (Wildman–Crippen LogP) is 6.55. The van der Waals surface area contributed by atoms with Crippen molar-refractivity contribution in [2.75, 3.05) is 12.4 Å². The number of nitrogens with one attached hydrogen (secondary N) is 1. The van der Waals surface area contributed by atoms with Crippen molar-refractivity contribution in [3.05, 3.63) is 101 Å². The van der Waals surface area contributed by atoms with Gasteiger partial charge in [0, 0.05) is 12.1 Å². The second-order valence-electron chi connectivity index (χ2n) is 7.72. The monoisotopic (exact) mass is 493 g/mol. The van der Waals surface area contributed by atoms with Gasteiger partial charge in [-0.3, -0.25) is 4.79 Å². The molecule has 0 fully saturated rings. The van der Waals surface area contributed by atoms with Crippen molar-refractivity contribution in [1.82, 2.24) is 10.2 Å². The van der Waals surface area contributed by atoms with Crippen molar-refractivity contribution in [3.63, 3.8) is 0 Å². The maximum Gasteiger partial charge on any atom is 0.277 e. The van der Waals surface area contributed by atoms with Crippen LogP contribution in [0, 0.1) is 0 Å². The summed E-state index contributed by atoms with van der Waals surface area (Å²) in [5.74, 6) is 1.08. The van der Waals surface area contributed by atoms with Crippen LogP contribution in [0.15, 0.2) is 88.5 Å². The zero-order chi connectivity index (χ0) is 23.9. The van der Waals surface area contributed by atoms with Gasteiger partial charge >= 0.3 is 0 Å². The Morgan fingerprint density at radius 3 is 2.35 bits per heavy atom. The lowest BCUT2D eigenvalue weighted by Crippen LogP contribution is -2.19. The molecule has 0 aliphatic heterocycles. The largest absolute Gasteiger partial charge is 0.495 e. The highest BCUT2D eigenvalue weighted by Gasteiger charge is 2.25. The number of methoxy groups -OCH3 is 1. The number of rotatable bonds is 9. The molecule has 0 saturated carbocycles. The van der Waals surface area contributed by atoms with Crippen LogP contribution < -0.4 is 10.1 Å². The number of halogens is 1. The number of anilines is 1. The van der Waals surface area contributed by atoms with E-state index in [0.29, 0.717) is 34.0 Å². The van der Waals surface area contributed by atoms with Gasteiger partial charge in [-0.15, -0.1) is 10.2 Å². The first-order chi connectivity index (χ1) is 16.5. The van der Waals surface area contributed by atoms with Gasteiger partial charge in [0.25, 0.3) is 5.22 Å². The number of thioether (sulfide) groups is 1. The molecular formula is C26H24ClN3O3S. The molecule has 6 nitrogen and oxygen atoms in total. The van der Waals surface area contributed by atoms with E-state index in [4.69, 9.17) is 20.8 Å². The summed E-state index contributed by atoms with van der Waals surface area (Å²) in [5, 5.41) is 11.5. The number of hydrogen-bond donors (Lipinski definition) is 1. The molecule has 0 aliphatic carbocycles. The molecule has 0 spiro atoms. The molecule has 34 heavy (non-hydrogen) atoms. The lowest BCUT2D eigenvalue weighted by molar-refractivity contribution is -0.115. The summed E-state index contributed by atoms with van der Waals surface area (Å²) in [6.07, 6.45) is 0.615. The third-order valence-corrected chi connectivity index (χ3v) is 6.66. The number of carbonyl (C=O) groups excluding carboxylic acids is 1. The van der Waals surface area contributed by atoms with Gasteiger partial charge in [0.15, 0.2) is 0 Å². The van der Waals surface area contributed by atoms with Crippen molar-refractivity contribution < 1.29 is 13.9 Å². The van der Waals surface area contributed by atoms with E-state index in [1.54, 1.807) is 25.3 Å². The van der Waals surface area contributed by atoms with Gasteiger partial charge in [-0.1, -0.05) is 79.2 Å². The Morgan fingerprint density at radius 1 is 1.03 bits per heavy atom. The molecule has 1 N–H and O–H groups in total. The number of benzene rings is 3. The van der Waals surface area contributed by atoms with Crippen LogP contribution in [0.4, 0.5) is 5.69 Å². The highest BCUT2D eigenvalue weighted by Crippen LogP contribution is 2.36. The van der Waals surface area contributed by atoms with E-state index in [2.05, 4.69) is 34.6 Å². The summed E-state index contributed by atoms with van der Waals surface area (Å²) in [6.45, 7) is 2.12. The third kappa shape index (κ3) is 5.98. The van der Waals surface area contributed by atoms with E-state index in [0.717, 1.165) is 5.56 Å². The molecule has 4 rings (SSSR count). The number of hydrogen-bond acceptors (Lipinski definition) is 6. The fourth-order valence-corrected chi connectivity index (χ4v) is 4.63. The van der Waals surface area contributed by atoms with E-state index in [1.807, 2.05) is 48.5 Å². The van der Waals surface area contributed by atoms with Crippen LogP contribution in [0.1, 0.15) is 35.1 Å². The molecule has 2 unspecified atom stereocenters. The molecule has 3 aromatic carbocycles. The maximum atomic E-state index is 13.3. The summed E-state index contributed by atoms with van der Waals surface area (Å²) in [6, 6.07) is 24.8. The summed E-state index contributed by atoms with van der Waals surface area (Å²) in [5.41, 5.74) is 2.59. The Bertz CT molecular complexity index is 1230. The molecule has 1 amide bonds. The van der Waals surface area contributed by atoms with E-state index >= 15 is 0 Å². The predicted molar refractivity (Wildman–Crippen MR) is 135 cm³/mol. The van der Waals surface area contributed by atoms with Crippen LogP contribution in [0.5, 0.6) is 5.75 Å². The van der Waals surface area contributed by atoms with Crippen LogP contribution in [-0.2, 0) is 11.2 Å². The van der Waals surface area contributed by atoms with Gasteiger partial charge in [-0.05, 0) is 47.0 Å². The summed E-state index contributed by atoms with van der Waals surface area (Å²) < 4.78 is 11.1. The van der Waals surface area contributed by atoms with E-state index in [9.17, 15) is 4.79 Å². The molecule has 1 heterocycles. The fraction of sp³-hybridized carbons (Fsp3) is 0.192. The van der Waals surface area contributed by atoms with Gasteiger partial charge in [0.2, 0.25) is 11.8 Å². The van der Waals surface area contributed by atoms with Gasteiger partial charge in [-0.2, -0.15) is 0 Å². The zero-order valence-electron chi connectivity index (χ0n) is 18.8. The van der Waals surface area contributed by atoms with Crippen molar-refractivity contribution in [3.8, 4) is 5.75 Å². The Hall–Kier alpha value is -3.29. The first-order valence-electron chi connectivity index (χ1n) is 10.8. The summed E-state index contributed by atoms with van der Waals surface area (Å²) in [4.78, 5) is 13.3. The molecule has 174 valence electrons. The van der Waals surface area contributed by atoms with Crippen molar-refractivity contribution in [1.29, 1.82) is 0 Å². The average molecular weight is 494 g/mol. The van der Waals surface area contributed by atoms with Crippen LogP contribution in [-0.4, -0.2) is 23.2 Å². The lowest BCUT2D eigenvalue weighted by Gasteiger charge is -2.16. The minimum atomic E-state index is -0.595. The lowest BCUT2D eigenvalue weighted by atomic mass is 9.98. The second kappa shape index (κ2) is 11.2. The normalized spacial score (nSPS) is 12.7. The number of carbonyl (C=O) groups is 1. The van der Waals surface area contributed by atoms with Crippen LogP contribution in [0.2, 0.25) is 5.02 Å². The maximum absolute atomic E-state index is 13.3. The SMILES string of the molecule is COc1ccc(NC(=O)C(Sc2nnc(CC(C)c3ccccc3)o2)c2ccccc2)cc1Cl. The summed E-state index contributed by atoms with van der Waals surface area (Å²) >= 11 is 7.43. The Morgan fingerprint density at radius 2 is 1.71 bits per heavy atom. The minimum Gasteiger partial charge on any atom is -0.495 e. The molecule has 2 atom stereocenters. The fourth-order valence-electron chi connectivity index (χ4n) is 3.48. The number of aromatic nitrogens is 2. The van der Waals surface area contributed by atoms with Gasteiger partial charge in [0.1, 0.15) is 11.0 Å². The molecule has 0 aliphatic rings. The van der Waals surface area contributed by atoms with Gasteiger partial charge in [-0.25, -0.2) is 0 Å². The molecule has 8 heteroatoms. The molecular weight excluding hydrogens is 470 g/mol. The first kappa shape index (κ1) is 23.9. The standard InChI is InChI=1S/C26H24ClN3O3S/c1-17(18-9-5-3-6-10-18)15-23-29-30-26(33-23)34-24(19-11-7-4-8-12-19)25(31)28-20-13-14-22(32-2)21(27)16-20/h3-14,16-17,24H,15H2,1-2H3,(H,28,31). The molecule has 0 saturated heterocycles. The van der Waals surface area contributed by atoms with Gasteiger partial charge < -0.3 is 14.5 Å². The van der Waals surface area contributed by atoms with Crippen LogP contribution >= 0.6 is 23.4 Å². The van der Waals surface area contributed by atoms with E-state index in [1.165, 1.54) is 17.3 Å². The average Bonchev–Trinajstić information content (AvgIpc) is 3.30. The smallest absolute Gasteiger partial charge is 0.277 e.